The van der Waals surface area contributed by atoms with E-state index in [9.17, 15) is 4.79 Å². The Hall–Kier alpha value is -3.06. The van der Waals surface area contributed by atoms with Crippen LogP contribution in [0.15, 0.2) is 65.7 Å². The monoisotopic (exact) mass is 493 g/mol. The number of hydrogen-bond donors (Lipinski definition) is 1. The fourth-order valence-electron chi connectivity index (χ4n) is 4.33. The third-order valence-corrected chi connectivity index (χ3v) is 6.72. The lowest BCUT2D eigenvalue weighted by Gasteiger charge is -2.35. The fraction of sp³-hybridized carbons (Fsp3) is 0.231. The Morgan fingerprint density at radius 3 is 2.32 bits per heavy atom. The zero-order chi connectivity index (χ0) is 23.8. The van der Waals surface area contributed by atoms with E-state index in [0.717, 1.165) is 54.5 Å². The van der Waals surface area contributed by atoms with Crippen LogP contribution in [0.5, 0.6) is 0 Å². The number of nitrogens with zero attached hydrogens (tertiary/aromatic N) is 4. The number of anilines is 2. The SMILES string of the molecule is Cc1ccccc1C(=O)NN1c2ccc(Cl)cc2N=C(N2CCN(C)CC2)c2cc(Cl)ccc21. The topological polar surface area (TPSA) is 51.2 Å². The van der Waals surface area contributed by atoms with Crippen LogP contribution in [0, 0.1) is 6.92 Å². The Morgan fingerprint density at radius 1 is 0.912 bits per heavy atom. The Labute approximate surface area is 209 Å². The summed E-state index contributed by atoms with van der Waals surface area (Å²) in [6, 6.07) is 18.7. The van der Waals surface area contributed by atoms with E-state index in [1.807, 2.05) is 61.5 Å². The number of hydrogen-bond acceptors (Lipinski definition) is 5. The number of aryl methyl sites for hydroxylation is 1. The first-order chi connectivity index (χ1) is 16.4. The van der Waals surface area contributed by atoms with Crippen molar-refractivity contribution < 1.29 is 4.79 Å². The molecule has 1 saturated heterocycles. The van der Waals surface area contributed by atoms with Crippen molar-refractivity contribution in [3.05, 3.63) is 87.4 Å². The second-order valence-electron chi connectivity index (χ2n) is 8.61. The van der Waals surface area contributed by atoms with Gasteiger partial charge in [0.15, 0.2) is 0 Å². The van der Waals surface area contributed by atoms with E-state index >= 15 is 0 Å². The summed E-state index contributed by atoms with van der Waals surface area (Å²) >= 11 is 12.8. The van der Waals surface area contributed by atoms with E-state index in [0.29, 0.717) is 21.3 Å². The van der Waals surface area contributed by atoms with Crippen LogP contribution in [0.25, 0.3) is 0 Å². The molecule has 2 aliphatic rings. The lowest BCUT2D eigenvalue weighted by Crippen LogP contribution is -2.47. The Bertz CT molecular complexity index is 1280. The van der Waals surface area contributed by atoms with Gasteiger partial charge in [-0.25, -0.2) is 4.99 Å². The van der Waals surface area contributed by atoms with Crippen LogP contribution in [0.3, 0.4) is 0 Å². The molecule has 3 aromatic rings. The van der Waals surface area contributed by atoms with E-state index in [1.165, 1.54) is 0 Å². The van der Waals surface area contributed by atoms with Crippen LogP contribution in [0.4, 0.5) is 17.1 Å². The van der Waals surface area contributed by atoms with E-state index in [-0.39, 0.29) is 5.91 Å². The molecule has 0 bridgehead atoms. The molecule has 34 heavy (non-hydrogen) atoms. The predicted molar refractivity (Wildman–Crippen MR) is 139 cm³/mol. The first kappa shape index (κ1) is 22.7. The van der Waals surface area contributed by atoms with Crippen molar-refractivity contribution in [1.29, 1.82) is 0 Å². The standard InChI is InChI=1S/C26H25Cl2N5O/c1-17-5-3-4-6-20(17)26(34)30-33-23-9-7-18(27)15-21(23)25(32-13-11-31(2)12-14-32)29-22-16-19(28)8-10-24(22)33/h3-10,15-16H,11-14H2,1-2H3,(H,30,34). The molecule has 1 fully saturated rings. The van der Waals surface area contributed by atoms with Crippen LogP contribution < -0.4 is 10.4 Å². The normalized spacial score (nSPS) is 15.8. The number of halogens is 2. The minimum atomic E-state index is -0.206. The maximum absolute atomic E-state index is 13.4. The van der Waals surface area contributed by atoms with Gasteiger partial charge in [-0.15, -0.1) is 0 Å². The van der Waals surface area contributed by atoms with Crippen molar-refractivity contribution in [3.63, 3.8) is 0 Å². The van der Waals surface area contributed by atoms with E-state index < -0.39 is 0 Å². The number of amides is 1. The number of likely N-dealkylation sites (N-methyl/N-ethyl adjacent to an activating group) is 1. The highest BCUT2D eigenvalue weighted by molar-refractivity contribution is 6.32. The zero-order valence-corrected chi connectivity index (χ0v) is 20.6. The van der Waals surface area contributed by atoms with Gasteiger partial charge in [0.1, 0.15) is 5.84 Å². The lowest BCUT2D eigenvalue weighted by atomic mass is 10.1. The summed E-state index contributed by atoms with van der Waals surface area (Å²) in [4.78, 5) is 23.0. The molecule has 2 aliphatic heterocycles. The number of carbonyl (C=O) groups is 1. The summed E-state index contributed by atoms with van der Waals surface area (Å²) in [5.74, 6) is 0.615. The summed E-state index contributed by atoms with van der Waals surface area (Å²) in [5.41, 5.74) is 7.68. The average molecular weight is 494 g/mol. The first-order valence-corrected chi connectivity index (χ1v) is 11.9. The predicted octanol–water partition coefficient (Wildman–Crippen LogP) is 5.42. The number of benzene rings is 3. The maximum atomic E-state index is 13.4. The van der Waals surface area contributed by atoms with Gasteiger partial charge in [-0.2, -0.15) is 0 Å². The molecule has 1 N–H and O–H groups in total. The number of hydrazine groups is 1. The van der Waals surface area contributed by atoms with Gasteiger partial charge in [-0.1, -0.05) is 41.4 Å². The van der Waals surface area contributed by atoms with Gasteiger partial charge < -0.3 is 9.80 Å². The number of piperazine rings is 1. The number of nitrogens with one attached hydrogen (secondary N) is 1. The minimum Gasteiger partial charge on any atom is -0.353 e. The zero-order valence-electron chi connectivity index (χ0n) is 19.1. The highest BCUT2D eigenvalue weighted by atomic mass is 35.5. The number of aliphatic imine (C=N–C) groups is 1. The molecule has 3 aromatic carbocycles. The van der Waals surface area contributed by atoms with E-state index in [4.69, 9.17) is 28.2 Å². The van der Waals surface area contributed by atoms with Gasteiger partial charge in [0, 0.05) is 47.4 Å². The molecule has 5 rings (SSSR count). The number of amidine groups is 1. The molecule has 0 unspecified atom stereocenters. The van der Waals surface area contributed by atoms with Gasteiger partial charge in [-0.3, -0.25) is 15.2 Å². The third-order valence-electron chi connectivity index (χ3n) is 6.25. The summed E-state index contributed by atoms with van der Waals surface area (Å²) in [6.45, 7) is 5.48. The molecular weight excluding hydrogens is 469 g/mol. The summed E-state index contributed by atoms with van der Waals surface area (Å²) in [5, 5.41) is 2.97. The summed E-state index contributed by atoms with van der Waals surface area (Å²) in [7, 11) is 2.12. The largest absolute Gasteiger partial charge is 0.353 e. The van der Waals surface area contributed by atoms with Gasteiger partial charge in [0.25, 0.3) is 5.91 Å². The minimum absolute atomic E-state index is 0.206. The highest BCUT2D eigenvalue weighted by Crippen LogP contribution is 2.41. The molecule has 174 valence electrons. The number of rotatable bonds is 2. The second-order valence-corrected chi connectivity index (χ2v) is 9.48. The lowest BCUT2D eigenvalue weighted by molar-refractivity contribution is 0.0953. The summed E-state index contributed by atoms with van der Waals surface area (Å²) < 4.78 is 0. The van der Waals surface area contributed by atoms with Gasteiger partial charge in [0.05, 0.1) is 17.1 Å². The molecule has 0 aromatic heterocycles. The van der Waals surface area contributed by atoms with Crippen molar-refractivity contribution in [1.82, 2.24) is 15.2 Å². The molecular formula is C26H25Cl2N5O. The van der Waals surface area contributed by atoms with Crippen LogP contribution in [-0.4, -0.2) is 54.8 Å². The van der Waals surface area contributed by atoms with E-state index in [1.54, 1.807) is 11.1 Å². The van der Waals surface area contributed by atoms with Crippen molar-refractivity contribution in [2.45, 2.75) is 6.92 Å². The molecule has 2 heterocycles. The van der Waals surface area contributed by atoms with Crippen molar-refractivity contribution in [2.75, 3.05) is 38.2 Å². The van der Waals surface area contributed by atoms with Crippen LogP contribution in [0.2, 0.25) is 10.0 Å². The molecule has 0 radical (unpaired) electrons. The molecule has 0 aliphatic carbocycles. The Kier molecular flexibility index (Phi) is 6.21. The van der Waals surface area contributed by atoms with Gasteiger partial charge >= 0.3 is 0 Å². The first-order valence-electron chi connectivity index (χ1n) is 11.2. The molecule has 0 saturated carbocycles. The smallest absolute Gasteiger partial charge is 0.270 e. The summed E-state index contributed by atoms with van der Waals surface area (Å²) in [6.07, 6.45) is 0. The van der Waals surface area contributed by atoms with Crippen molar-refractivity contribution in [2.24, 2.45) is 4.99 Å². The molecule has 0 spiro atoms. The quantitative estimate of drug-likeness (QED) is 0.517. The van der Waals surface area contributed by atoms with Gasteiger partial charge in [0.2, 0.25) is 0 Å². The maximum Gasteiger partial charge on any atom is 0.270 e. The Balaban J connectivity index is 1.65. The highest BCUT2D eigenvalue weighted by Gasteiger charge is 2.29. The molecule has 0 atom stereocenters. The van der Waals surface area contributed by atoms with Crippen molar-refractivity contribution >= 4 is 52.0 Å². The molecule has 6 nitrogen and oxygen atoms in total. The van der Waals surface area contributed by atoms with Crippen LogP contribution >= 0.6 is 23.2 Å². The number of fused-ring (bicyclic) bond motifs is 2. The van der Waals surface area contributed by atoms with E-state index in [2.05, 4.69) is 22.3 Å². The van der Waals surface area contributed by atoms with Crippen LogP contribution in [-0.2, 0) is 0 Å². The third kappa shape index (κ3) is 4.37. The molecule has 8 heteroatoms. The average Bonchev–Trinajstić information content (AvgIpc) is 2.94. The fourth-order valence-corrected chi connectivity index (χ4v) is 4.67. The van der Waals surface area contributed by atoms with Gasteiger partial charge in [-0.05, 0) is 62.0 Å². The second kappa shape index (κ2) is 9.29. The van der Waals surface area contributed by atoms with Crippen LogP contribution in [0.1, 0.15) is 21.5 Å². The number of carbonyl (C=O) groups excluding carboxylic acids is 1. The Morgan fingerprint density at radius 2 is 1.59 bits per heavy atom. The molecule has 1 amide bonds. The van der Waals surface area contributed by atoms with Crippen molar-refractivity contribution in [3.8, 4) is 0 Å².